The predicted molar refractivity (Wildman–Crippen MR) is 103 cm³/mol. The zero-order valence-corrected chi connectivity index (χ0v) is 15.5. The predicted octanol–water partition coefficient (Wildman–Crippen LogP) is 2.31. The fourth-order valence-corrected chi connectivity index (χ4v) is 3.41. The van der Waals surface area contributed by atoms with Crippen LogP contribution in [-0.2, 0) is 6.54 Å². The molecule has 1 fully saturated rings. The number of hydrogen-bond donors (Lipinski definition) is 0. The number of oxazole rings is 1. The smallest absolute Gasteiger partial charge is 0.208 e. The van der Waals surface area contributed by atoms with E-state index in [2.05, 4.69) is 43.0 Å². The number of rotatable bonds is 4. The summed E-state index contributed by atoms with van der Waals surface area (Å²) in [5, 5.41) is 1.09. The molecule has 7 nitrogen and oxygen atoms in total. The molecule has 0 unspecified atom stereocenters. The Hall–Kier alpha value is -2.67. The summed E-state index contributed by atoms with van der Waals surface area (Å²) < 4.78 is 5.60. The number of fused-ring (bicyclic) bond motifs is 1. The van der Waals surface area contributed by atoms with E-state index in [1.807, 2.05) is 25.9 Å². The Morgan fingerprint density at radius 1 is 1.08 bits per heavy atom. The summed E-state index contributed by atoms with van der Waals surface area (Å²) in [5.41, 5.74) is 2.20. The van der Waals surface area contributed by atoms with Crippen LogP contribution in [-0.4, -0.2) is 60.1 Å². The summed E-state index contributed by atoms with van der Waals surface area (Å²) in [6.07, 6.45) is 3.41. The Morgan fingerprint density at radius 3 is 2.58 bits per heavy atom. The fourth-order valence-electron chi connectivity index (χ4n) is 3.41. The molecular weight excluding hydrogens is 328 g/mol. The second-order valence-corrected chi connectivity index (χ2v) is 6.92. The number of nitrogens with zero attached hydrogens (tertiary/aromatic N) is 6. The van der Waals surface area contributed by atoms with E-state index in [1.165, 1.54) is 5.69 Å². The number of aryl methyl sites for hydroxylation is 1. The maximum Gasteiger partial charge on any atom is 0.208 e. The van der Waals surface area contributed by atoms with Gasteiger partial charge in [0.2, 0.25) is 5.89 Å². The van der Waals surface area contributed by atoms with E-state index < -0.39 is 0 Å². The van der Waals surface area contributed by atoms with E-state index in [9.17, 15) is 0 Å². The highest BCUT2D eigenvalue weighted by Gasteiger charge is 2.19. The van der Waals surface area contributed by atoms with Gasteiger partial charge in [0.05, 0.1) is 18.3 Å². The number of piperazine rings is 1. The topological polar surface area (TPSA) is 61.5 Å². The molecule has 4 rings (SSSR count). The van der Waals surface area contributed by atoms with E-state index in [0.29, 0.717) is 0 Å². The van der Waals surface area contributed by atoms with Gasteiger partial charge in [-0.1, -0.05) is 0 Å². The van der Waals surface area contributed by atoms with Gasteiger partial charge in [0.1, 0.15) is 17.9 Å². The first-order valence-electron chi connectivity index (χ1n) is 8.91. The zero-order valence-electron chi connectivity index (χ0n) is 15.5. The minimum absolute atomic E-state index is 0.776. The third kappa shape index (κ3) is 3.35. The standard InChI is InChI=1S/C19H24N6O/c1-14-11-20-18(26-14)12-24-6-8-25(9-7-24)15-4-5-17-16(10-15)19(23(2)3)22-13-21-17/h4-5,10-11,13H,6-9,12H2,1-3H3. The minimum Gasteiger partial charge on any atom is -0.445 e. The van der Waals surface area contributed by atoms with Gasteiger partial charge in [-0.3, -0.25) is 4.90 Å². The normalized spacial score (nSPS) is 15.6. The fraction of sp³-hybridized carbons (Fsp3) is 0.421. The molecular formula is C19H24N6O. The molecule has 1 saturated heterocycles. The molecule has 0 saturated carbocycles. The molecule has 0 spiro atoms. The van der Waals surface area contributed by atoms with Crippen LogP contribution in [0.25, 0.3) is 10.9 Å². The lowest BCUT2D eigenvalue weighted by atomic mass is 10.1. The number of benzene rings is 1. The molecule has 136 valence electrons. The lowest BCUT2D eigenvalue weighted by Crippen LogP contribution is -2.46. The first-order valence-corrected chi connectivity index (χ1v) is 8.91. The third-order valence-corrected chi connectivity index (χ3v) is 4.79. The Kier molecular flexibility index (Phi) is 4.46. The minimum atomic E-state index is 0.776. The maximum absolute atomic E-state index is 5.60. The molecule has 7 heteroatoms. The molecule has 0 radical (unpaired) electrons. The SMILES string of the molecule is Cc1cnc(CN2CCN(c3ccc4ncnc(N(C)C)c4c3)CC2)o1. The largest absolute Gasteiger partial charge is 0.445 e. The summed E-state index contributed by atoms with van der Waals surface area (Å²) in [6, 6.07) is 6.45. The van der Waals surface area contributed by atoms with Gasteiger partial charge in [0.25, 0.3) is 0 Å². The van der Waals surface area contributed by atoms with Crippen molar-refractivity contribution in [3.63, 3.8) is 0 Å². The van der Waals surface area contributed by atoms with Crippen molar-refractivity contribution in [3.8, 4) is 0 Å². The third-order valence-electron chi connectivity index (χ3n) is 4.79. The van der Waals surface area contributed by atoms with Crippen molar-refractivity contribution in [3.05, 3.63) is 42.4 Å². The van der Waals surface area contributed by atoms with Crippen LogP contribution in [0.2, 0.25) is 0 Å². The van der Waals surface area contributed by atoms with Crippen molar-refractivity contribution in [2.75, 3.05) is 50.1 Å². The van der Waals surface area contributed by atoms with Gasteiger partial charge < -0.3 is 14.2 Å². The summed E-state index contributed by atoms with van der Waals surface area (Å²) >= 11 is 0. The molecule has 2 aromatic heterocycles. The molecule has 0 amide bonds. The van der Waals surface area contributed by atoms with Crippen LogP contribution >= 0.6 is 0 Å². The molecule has 0 atom stereocenters. The Balaban J connectivity index is 1.48. The monoisotopic (exact) mass is 352 g/mol. The van der Waals surface area contributed by atoms with E-state index in [-0.39, 0.29) is 0 Å². The molecule has 0 N–H and O–H groups in total. The van der Waals surface area contributed by atoms with Crippen molar-refractivity contribution in [2.45, 2.75) is 13.5 Å². The van der Waals surface area contributed by atoms with Crippen LogP contribution in [0.4, 0.5) is 11.5 Å². The number of hydrogen-bond acceptors (Lipinski definition) is 7. The lowest BCUT2D eigenvalue weighted by molar-refractivity contribution is 0.225. The van der Waals surface area contributed by atoms with Crippen molar-refractivity contribution >= 4 is 22.4 Å². The number of anilines is 2. The molecule has 1 aliphatic rings. The zero-order chi connectivity index (χ0) is 18.1. The molecule has 0 bridgehead atoms. The van der Waals surface area contributed by atoms with E-state index in [4.69, 9.17) is 4.42 Å². The summed E-state index contributed by atoms with van der Waals surface area (Å²) in [7, 11) is 4.02. The van der Waals surface area contributed by atoms with Crippen LogP contribution in [0.5, 0.6) is 0 Å². The molecule has 26 heavy (non-hydrogen) atoms. The second kappa shape index (κ2) is 6.92. The molecule has 0 aliphatic carbocycles. The summed E-state index contributed by atoms with van der Waals surface area (Å²) in [5.74, 6) is 2.62. The van der Waals surface area contributed by atoms with Gasteiger partial charge in [-0.25, -0.2) is 15.0 Å². The Labute approximate surface area is 153 Å². The molecule has 3 heterocycles. The highest BCUT2D eigenvalue weighted by atomic mass is 16.4. The quantitative estimate of drug-likeness (QED) is 0.714. The van der Waals surface area contributed by atoms with E-state index >= 15 is 0 Å². The lowest BCUT2D eigenvalue weighted by Gasteiger charge is -2.35. The van der Waals surface area contributed by atoms with Gasteiger partial charge in [-0.05, 0) is 25.1 Å². The van der Waals surface area contributed by atoms with Crippen molar-refractivity contribution in [1.82, 2.24) is 19.9 Å². The van der Waals surface area contributed by atoms with Crippen molar-refractivity contribution < 1.29 is 4.42 Å². The molecule has 3 aromatic rings. The average molecular weight is 352 g/mol. The van der Waals surface area contributed by atoms with Gasteiger partial charge in [-0.15, -0.1) is 0 Å². The highest BCUT2D eigenvalue weighted by molar-refractivity contribution is 5.91. The van der Waals surface area contributed by atoms with Gasteiger partial charge in [0, 0.05) is 51.3 Å². The average Bonchev–Trinajstić information content (AvgIpc) is 3.06. The molecule has 1 aromatic carbocycles. The van der Waals surface area contributed by atoms with Crippen molar-refractivity contribution in [1.29, 1.82) is 0 Å². The van der Waals surface area contributed by atoms with Gasteiger partial charge >= 0.3 is 0 Å². The summed E-state index contributed by atoms with van der Waals surface area (Å²) in [6.45, 7) is 6.65. The summed E-state index contributed by atoms with van der Waals surface area (Å²) in [4.78, 5) is 20.0. The maximum atomic E-state index is 5.60. The van der Waals surface area contributed by atoms with Crippen LogP contribution < -0.4 is 9.80 Å². The van der Waals surface area contributed by atoms with Crippen LogP contribution in [0, 0.1) is 6.92 Å². The van der Waals surface area contributed by atoms with Gasteiger partial charge in [-0.2, -0.15) is 0 Å². The van der Waals surface area contributed by atoms with Crippen LogP contribution in [0.1, 0.15) is 11.7 Å². The van der Waals surface area contributed by atoms with E-state index in [0.717, 1.165) is 61.1 Å². The first-order chi connectivity index (χ1) is 12.6. The van der Waals surface area contributed by atoms with Gasteiger partial charge in [0.15, 0.2) is 0 Å². The molecule has 1 aliphatic heterocycles. The number of aromatic nitrogens is 3. The van der Waals surface area contributed by atoms with E-state index in [1.54, 1.807) is 12.5 Å². The van der Waals surface area contributed by atoms with Crippen molar-refractivity contribution in [2.24, 2.45) is 0 Å². The second-order valence-electron chi connectivity index (χ2n) is 6.92. The first kappa shape index (κ1) is 16.8. The highest BCUT2D eigenvalue weighted by Crippen LogP contribution is 2.27. The van der Waals surface area contributed by atoms with Crippen LogP contribution in [0.15, 0.2) is 35.1 Å². The Bertz CT molecular complexity index is 898. The Morgan fingerprint density at radius 2 is 1.88 bits per heavy atom. The van der Waals surface area contributed by atoms with Crippen LogP contribution in [0.3, 0.4) is 0 Å².